The molecule has 0 bridgehead atoms. The van der Waals surface area contributed by atoms with Crippen LogP contribution in [0.15, 0.2) is 0 Å². The zero-order valence-corrected chi connectivity index (χ0v) is 6.97. The average Bonchev–Trinajstić information content (AvgIpc) is 2.55. The number of nitrogens with zero attached hydrogens (tertiary/aromatic N) is 3. The second-order valence-corrected chi connectivity index (χ2v) is 3.26. The van der Waals surface area contributed by atoms with Crippen LogP contribution >= 0.6 is 12.2 Å². The number of aromatic nitrogens is 4. The molecule has 0 atom stereocenters. The highest BCUT2D eigenvalue weighted by molar-refractivity contribution is 7.71. The molecule has 1 heterocycles. The molecule has 0 radical (unpaired) electrons. The van der Waals surface area contributed by atoms with E-state index in [2.05, 4.69) is 15.5 Å². The Balaban J connectivity index is 2.28. The molecule has 2 rings (SSSR count). The zero-order chi connectivity index (χ0) is 7.68. The highest BCUT2D eigenvalue weighted by Crippen LogP contribution is 2.28. The minimum atomic E-state index is 0.525. The lowest BCUT2D eigenvalue weighted by Gasteiger charge is -2.07. The smallest absolute Gasteiger partial charge is 0.238 e. The van der Waals surface area contributed by atoms with Crippen molar-refractivity contribution in [3.63, 3.8) is 0 Å². The van der Waals surface area contributed by atoms with Crippen molar-refractivity contribution in [3.8, 4) is 0 Å². The van der Waals surface area contributed by atoms with Gasteiger partial charge in [-0.05, 0) is 25.1 Å². The zero-order valence-electron chi connectivity index (χ0n) is 6.16. The third kappa shape index (κ3) is 1.20. The fraction of sp³-hybridized carbons (Fsp3) is 0.833. The number of H-pyrrole nitrogens is 1. The number of hydrogen-bond donors (Lipinski definition) is 1. The SMILES string of the molecule is S=c1nn[nH]n1C1CCCC1. The summed E-state index contributed by atoms with van der Waals surface area (Å²) in [5, 5.41) is 10.2. The molecule has 1 aromatic rings. The number of aromatic amines is 1. The summed E-state index contributed by atoms with van der Waals surface area (Å²) in [6.07, 6.45) is 5.01. The van der Waals surface area contributed by atoms with Gasteiger partial charge in [0.15, 0.2) is 0 Å². The van der Waals surface area contributed by atoms with Crippen molar-refractivity contribution >= 4 is 12.2 Å². The minimum absolute atomic E-state index is 0.525. The summed E-state index contributed by atoms with van der Waals surface area (Å²) in [6.45, 7) is 0. The van der Waals surface area contributed by atoms with Gasteiger partial charge in [0.2, 0.25) is 4.77 Å². The predicted molar refractivity (Wildman–Crippen MR) is 42.7 cm³/mol. The van der Waals surface area contributed by atoms with Crippen LogP contribution in [0.3, 0.4) is 0 Å². The Morgan fingerprint density at radius 1 is 1.45 bits per heavy atom. The molecule has 1 aliphatic carbocycles. The summed E-state index contributed by atoms with van der Waals surface area (Å²) in [4.78, 5) is 0. The van der Waals surface area contributed by atoms with E-state index in [0.29, 0.717) is 10.8 Å². The number of nitrogens with one attached hydrogen (secondary N) is 1. The molecule has 0 aliphatic heterocycles. The van der Waals surface area contributed by atoms with E-state index in [9.17, 15) is 0 Å². The molecular weight excluding hydrogens is 160 g/mol. The molecule has 0 unspecified atom stereocenters. The van der Waals surface area contributed by atoms with Crippen LogP contribution in [0.1, 0.15) is 31.7 Å². The van der Waals surface area contributed by atoms with Crippen LogP contribution in [-0.2, 0) is 0 Å². The largest absolute Gasteiger partial charge is 0.239 e. The summed E-state index contributed by atoms with van der Waals surface area (Å²) in [5.41, 5.74) is 0. The van der Waals surface area contributed by atoms with E-state index in [-0.39, 0.29) is 0 Å². The van der Waals surface area contributed by atoms with Crippen LogP contribution in [0.2, 0.25) is 0 Å². The fourth-order valence-corrected chi connectivity index (χ4v) is 1.84. The van der Waals surface area contributed by atoms with E-state index in [0.717, 1.165) is 0 Å². The van der Waals surface area contributed by atoms with Crippen molar-refractivity contribution in [1.82, 2.24) is 20.2 Å². The van der Waals surface area contributed by atoms with Gasteiger partial charge in [-0.1, -0.05) is 23.2 Å². The Morgan fingerprint density at radius 2 is 2.18 bits per heavy atom. The summed E-state index contributed by atoms with van der Waals surface area (Å²) in [6, 6.07) is 0.525. The van der Waals surface area contributed by atoms with Crippen molar-refractivity contribution in [3.05, 3.63) is 4.77 Å². The second-order valence-electron chi connectivity index (χ2n) is 2.89. The van der Waals surface area contributed by atoms with Crippen LogP contribution in [0.25, 0.3) is 0 Å². The van der Waals surface area contributed by atoms with Gasteiger partial charge in [-0.15, -0.1) is 0 Å². The van der Waals surface area contributed by atoms with E-state index in [4.69, 9.17) is 12.2 Å². The van der Waals surface area contributed by atoms with Crippen LogP contribution in [0.4, 0.5) is 0 Å². The molecule has 0 spiro atoms. The first kappa shape index (κ1) is 6.97. The molecular formula is C6H10N4S. The normalized spacial score (nSPS) is 19.3. The number of tetrazole rings is 1. The summed E-state index contributed by atoms with van der Waals surface area (Å²) in [7, 11) is 0. The fourth-order valence-electron chi connectivity index (χ4n) is 1.60. The topological polar surface area (TPSA) is 46.5 Å². The maximum Gasteiger partial charge on any atom is 0.238 e. The molecule has 4 nitrogen and oxygen atoms in total. The first-order valence-corrected chi connectivity index (χ1v) is 4.28. The van der Waals surface area contributed by atoms with Crippen molar-refractivity contribution in [2.75, 3.05) is 0 Å². The van der Waals surface area contributed by atoms with Gasteiger partial charge in [-0.2, -0.15) is 5.21 Å². The van der Waals surface area contributed by atoms with Crippen molar-refractivity contribution < 1.29 is 0 Å². The van der Waals surface area contributed by atoms with Gasteiger partial charge < -0.3 is 0 Å². The highest BCUT2D eigenvalue weighted by atomic mass is 32.1. The second kappa shape index (κ2) is 2.73. The third-order valence-corrected chi connectivity index (χ3v) is 2.46. The van der Waals surface area contributed by atoms with Gasteiger partial charge in [-0.3, -0.25) is 0 Å². The molecule has 5 heteroatoms. The maximum atomic E-state index is 4.98. The Morgan fingerprint density at radius 3 is 2.73 bits per heavy atom. The van der Waals surface area contributed by atoms with Gasteiger partial charge in [-0.25, -0.2) is 4.68 Å². The van der Waals surface area contributed by atoms with E-state index in [1.165, 1.54) is 25.7 Å². The van der Waals surface area contributed by atoms with E-state index >= 15 is 0 Å². The molecule has 1 aromatic heterocycles. The number of rotatable bonds is 1. The van der Waals surface area contributed by atoms with E-state index in [1.54, 1.807) is 0 Å². The minimum Gasteiger partial charge on any atom is -0.239 e. The first-order chi connectivity index (χ1) is 5.38. The average molecular weight is 170 g/mol. The van der Waals surface area contributed by atoms with Gasteiger partial charge >= 0.3 is 0 Å². The highest BCUT2D eigenvalue weighted by Gasteiger charge is 2.17. The molecule has 1 N–H and O–H groups in total. The molecule has 0 saturated heterocycles. The molecule has 11 heavy (non-hydrogen) atoms. The molecule has 0 aromatic carbocycles. The van der Waals surface area contributed by atoms with Crippen molar-refractivity contribution in [1.29, 1.82) is 0 Å². The van der Waals surface area contributed by atoms with Crippen LogP contribution < -0.4 is 0 Å². The van der Waals surface area contributed by atoms with Crippen LogP contribution in [-0.4, -0.2) is 20.2 Å². The van der Waals surface area contributed by atoms with Crippen molar-refractivity contribution in [2.45, 2.75) is 31.7 Å². The first-order valence-electron chi connectivity index (χ1n) is 3.87. The Hall–Kier alpha value is -0.710. The number of hydrogen-bond acceptors (Lipinski definition) is 3. The quantitative estimate of drug-likeness (QED) is 0.649. The van der Waals surface area contributed by atoms with Gasteiger partial charge in [0.1, 0.15) is 0 Å². The van der Waals surface area contributed by atoms with Crippen molar-refractivity contribution in [2.24, 2.45) is 0 Å². The Bertz CT molecular complexity index is 283. The summed E-state index contributed by atoms with van der Waals surface area (Å²) < 4.78 is 2.47. The molecule has 0 amide bonds. The summed E-state index contributed by atoms with van der Waals surface area (Å²) >= 11 is 4.98. The lowest BCUT2D eigenvalue weighted by molar-refractivity contribution is 0.449. The van der Waals surface area contributed by atoms with Crippen LogP contribution in [0, 0.1) is 4.77 Å². The van der Waals surface area contributed by atoms with E-state index in [1.807, 2.05) is 4.68 Å². The Kier molecular flexibility index (Phi) is 1.73. The van der Waals surface area contributed by atoms with Crippen LogP contribution in [0.5, 0.6) is 0 Å². The Labute approximate surface area is 69.6 Å². The molecule has 1 saturated carbocycles. The van der Waals surface area contributed by atoms with E-state index < -0.39 is 0 Å². The lowest BCUT2D eigenvalue weighted by Crippen LogP contribution is -2.06. The third-order valence-electron chi connectivity index (χ3n) is 2.18. The standard InChI is InChI=1S/C6H10N4S/c11-6-7-8-9-10(6)5-3-1-2-4-5/h5H,1-4H2,(H,7,9,11). The lowest BCUT2D eigenvalue weighted by atomic mass is 10.3. The molecule has 60 valence electrons. The van der Waals surface area contributed by atoms with Gasteiger partial charge in [0.25, 0.3) is 0 Å². The molecule has 1 aliphatic rings. The summed E-state index contributed by atoms with van der Waals surface area (Å²) in [5.74, 6) is 0. The van der Waals surface area contributed by atoms with Gasteiger partial charge in [0.05, 0.1) is 6.04 Å². The monoisotopic (exact) mass is 170 g/mol. The molecule has 1 fully saturated rings. The van der Waals surface area contributed by atoms with Gasteiger partial charge in [0, 0.05) is 0 Å². The predicted octanol–water partition coefficient (Wildman–Crippen LogP) is 1.45. The maximum absolute atomic E-state index is 4.98.